The first-order chi connectivity index (χ1) is 8.27. The smallest absolute Gasteiger partial charge is 0.222 e. The van der Waals surface area contributed by atoms with E-state index in [2.05, 4.69) is 5.32 Å². The van der Waals surface area contributed by atoms with E-state index in [0.29, 0.717) is 17.9 Å². The summed E-state index contributed by atoms with van der Waals surface area (Å²) in [4.78, 5) is 14.2. The molecule has 0 unspecified atom stereocenters. The molecule has 0 atom stereocenters. The molecule has 0 spiro atoms. The molecule has 1 heterocycles. The Balaban J connectivity index is 0.00000162. The molecular weight excluding hydrogens is 248 g/mol. The standard InChI is InChI=1S/C14H26N2O.ClH/c1-16(13-7-9-15-10-8-13)14(17)11-12-5-3-2-4-6-12;/h12-13,15H,2-11H2,1H3;1H. The van der Waals surface area contributed by atoms with Crippen LogP contribution in [-0.2, 0) is 4.79 Å². The molecule has 4 heteroatoms. The summed E-state index contributed by atoms with van der Waals surface area (Å²) in [7, 11) is 2.00. The first-order valence-corrected chi connectivity index (χ1v) is 7.24. The third-order valence-corrected chi connectivity index (χ3v) is 4.44. The van der Waals surface area contributed by atoms with Gasteiger partial charge >= 0.3 is 0 Å². The second-order valence-electron chi connectivity index (χ2n) is 5.69. The van der Waals surface area contributed by atoms with Gasteiger partial charge in [-0.25, -0.2) is 0 Å². The molecule has 0 radical (unpaired) electrons. The zero-order valence-corrected chi connectivity index (χ0v) is 12.3. The van der Waals surface area contributed by atoms with Gasteiger partial charge in [0.1, 0.15) is 0 Å². The highest BCUT2D eigenvalue weighted by atomic mass is 35.5. The minimum Gasteiger partial charge on any atom is -0.343 e. The number of nitrogens with one attached hydrogen (secondary N) is 1. The lowest BCUT2D eigenvalue weighted by molar-refractivity contribution is -0.133. The summed E-state index contributed by atoms with van der Waals surface area (Å²) in [5.74, 6) is 1.05. The Morgan fingerprint density at radius 2 is 1.72 bits per heavy atom. The zero-order chi connectivity index (χ0) is 12.1. The van der Waals surface area contributed by atoms with Gasteiger partial charge < -0.3 is 10.2 Å². The Labute approximate surface area is 117 Å². The SMILES string of the molecule is CN(C(=O)CC1CCCCC1)C1CCNCC1.Cl. The van der Waals surface area contributed by atoms with Crippen LogP contribution >= 0.6 is 12.4 Å². The van der Waals surface area contributed by atoms with Gasteiger partial charge in [-0.3, -0.25) is 4.79 Å². The van der Waals surface area contributed by atoms with Crippen LogP contribution in [-0.4, -0.2) is 37.0 Å². The number of carbonyl (C=O) groups is 1. The maximum atomic E-state index is 12.2. The van der Waals surface area contributed by atoms with Gasteiger partial charge in [-0.15, -0.1) is 12.4 Å². The Kier molecular flexibility index (Phi) is 7.02. The number of hydrogen-bond donors (Lipinski definition) is 1. The van der Waals surface area contributed by atoms with E-state index in [9.17, 15) is 4.79 Å². The van der Waals surface area contributed by atoms with Gasteiger partial charge in [0.25, 0.3) is 0 Å². The summed E-state index contributed by atoms with van der Waals surface area (Å²) in [5, 5.41) is 3.35. The molecule has 2 fully saturated rings. The fraction of sp³-hybridized carbons (Fsp3) is 0.929. The topological polar surface area (TPSA) is 32.3 Å². The highest BCUT2D eigenvalue weighted by molar-refractivity contribution is 5.85. The fourth-order valence-electron chi connectivity index (χ4n) is 3.18. The van der Waals surface area contributed by atoms with Crippen LogP contribution in [0.4, 0.5) is 0 Å². The second kappa shape index (κ2) is 8.00. The summed E-state index contributed by atoms with van der Waals surface area (Å²) in [6, 6.07) is 0.479. The van der Waals surface area contributed by atoms with Crippen molar-refractivity contribution in [2.45, 2.75) is 57.4 Å². The molecule has 106 valence electrons. The number of piperidine rings is 1. The molecule has 1 aliphatic carbocycles. The summed E-state index contributed by atoms with van der Waals surface area (Å²) in [6.07, 6.45) is 9.59. The van der Waals surface area contributed by atoms with Gasteiger partial charge in [-0.05, 0) is 44.7 Å². The van der Waals surface area contributed by atoms with Gasteiger partial charge in [-0.1, -0.05) is 19.3 Å². The summed E-state index contributed by atoms with van der Waals surface area (Å²) in [5.41, 5.74) is 0. The lowest BCUT2D eigenvalue weighted by Crippen LogP contribution is -2.44. The molecule has 1 N–H and O–H groups in total. The van der Waals surface area contributed by atoms with Crippen molar-refractivity contribution in [2.24, 2.45) is 5.92 Å². The summed E-state index contributed by atoms with van der Waals surface area (Å²) in [6.45, 7) is 2.12. The van der Waals surface area contributed by atoms with Gasteiger partial charge in [-0.2, -0.15) is 0 Å². The van der Waals surface area contributed by atoms with E-state index in [0.717, 1.165) is 32.4 Å². The highest BCUT2D eigenvalue weighted by Crippen LogP contribution is 2.27. The predicted octanol–water partition coefficient (Wildman–Crippen LogP) is 2.59. The van der Waals surface area contributed by atoms with Crippen molar-refractivity contribution in [3.05, 3.63) is 0 Å². The van der Waals surface area contributed by atoms with E-state index in [1.54, 1.807) is 0 Å². The molecule has 1 amide bonds. The molecule has 3 nitrogen and oxygen atoms in total. The van der Waals surface area contributed by atoms with Crippen LogP contribution in [0.2, 0.25) is 0 Å². The van der Waals surface area contributed by atoms with Crippen LogP contribution in [0.15, 0.2) is 0 Å². The molecule has 18 heavy (non-hydrogen) atoms. The number of nitrogens with zero attached hydrogens (tertiary/aromatic N) is 1. The number of hydrogen-bond acceptors (Lipinski definition) is 2. The summed E-state index contributed by atoms with van der Waals surface area (Å²) >= 11 is 0. The summed E-state index contributed by atoms with van der Waals surface area (Å²) < 4.78 is 0. The minimum absolute atomic E-state index is 0. The van der Waals surface area contributed by atoms with Crippen molar-refractivity contribution in [1.82, 2.24) is 10.2 Å². The lowest BCUT2D eigenvalue weighted by Gasteiger charge is -2.33. The zero-order valence-electron chi connectivity index (χ0n) is 11.5. The number of amides is 1. The van der Waals surface area contributed by atoms with E-state index >= 15 is 0 Å². The highest BCUT2D eigenvalue weighted by Gasteiger charge is 2.24. The van der Waals surface area contributed by atoms with Crippen LogP contribution < -0.4 is 5.32 Å². The van der Waals surface area contributed by atoms with Crippen LogP contribution in [0.25, 0.3) is 0 Å². The molecule has 0 bridgehead atoms. The van der Waals surface area contributed by atoms with E-state index in [1.807, 2.05) is 11.9 Å². The van der Waals surface area contributed by atoms with Gasteiger partial charge in [0, 0.05) is 19.5 Å². The Hall–Kier alpha value is -0.280. The average Bonchev–Trinajstić information content (AvgIpc) is 2.40. The quantitative estimate of drug-likeness (QED) is 0.858. The Morgan fingerprint density at radius 1 is 1.11 bits per heavy atom. The van der Waals surface area contributed by atoms with Gasteiger partial charge in [0.15, 0.2) is 0 Å². The first-order valence-electron chi connectivity index (χ1n) is 7.24. The molecule has 0 aromatic heterocycles. The van der Waals surface area contributed by atoms with Crippen molar-refractivity contribution in [3.8, 4) is 0 Å². The molecule has 2 rings (SSSR count). The fourth-order valence-corrected chi connectivity index (χ4v) is 3.18. The van der Waals surface area contributed by atoms with Crippen molar-refractivity contribution in [1.29, 1.82) is 0 Å². The van der Waals surface area contributed by atoms with Gasteiger partial charge in [0.2, 0.25) is 5.91 Å². The van der Waals surface area contributed by atoms with E-state index < -0.39 is 0 Å². The maximum absolute atomic E-state index is 12.2. The van der Waals surface area contributed by atoms with Crippen LogP contribution in [0.3, 0.4) is 0 Å². The molecule has 0 aromatic carbocycles. The largest absolute Gasteiger partial charge is 0.343 e. The monoisotopic (exact) mass is 274 g/mol. The van der Waals surface area contributed by atoms with Crippen molar-refractivity contribution in [2.75, 3.05) is 20.1 Å². The molecule has 2 aliphatic rings. The van der Waals surface area contributed by atoms with Crippen molar-refractivity contribution in [3.63, 3.8) is 0 Å². The van der Waals surface area contributed by atoms with E-state index in [-0.39, 0.29) is 12.4 Å². The first kappa shape index (κ1) is 15.8. The number of halogens is 1. The Morgan fingerprint density at radius 3 is 2.33 bits per heavy atom. The van der Waals surface area contributed by atoms with Crippen LogP contribution in [0, 0.1) is 5.92 Å². The second-order valence-corrected chi connectivity index (χ2v) is 5.69. The van der Waals surface area contributed by atoms with Crippen LogP contribution in [0.5, 0.6) is 0 Å². The molecule has 0 aromatic rings. The van der Waals surface area contributed by atoms with E-state index in [1.165, 1.54) is 32.1 Å². The normalized spacial score (nSPS) is 22.3. The molecule has 1 saturated heterocycles. The number of carbonyl (C=O) groups excluding carboxylic acids is 1. The average molecular weight is 275 g/mol. The maximum Gasteiger partial charge on any atom is 0.222 e. The molecule has 1 saturated carbocycles. The third kappa shape index (κ3) is 4.43. The predicted molar refractivity (Wildman–Crippen MR) is 77.1 cm³/mol. The lowest BCUT2D eigenvalue weighted by atomic mass is 9.86. The molecule has 1 aliphatic heterocycles. The molecular formula is C14H27ClN2O. The minimum atomic E-state index is 0. The van der Waals surface area contributed by atoms with E-state index in [4.69, 9.17) is 0 Å². The van der Waals surface area contributed by atoms with Crippen molar-refractivity contribution < 1.29 is 4.79 Å². The van der Waals surface area contributed by atoms with Gasteiger partial charge in [0.05, 0.1) is 0 Å². The Bertz CT molecular complexity index is 248. The van der Waals surface area contributed by atoms with Crippen LogP contribution in [0.1, 0.15) is 51.4 Å². The number of rotatable bonds is 3. The van der Waals surface area contributed by atoms with Crippen molar-refractivity contribution >= 4 is 18.3 Å². The third-order valence-electron chi connectivity index (χ3n) is 4.44.